The molecule has 38 heavy (non-hydrogen) atoms. The number of nitrogens with zero attached hydrogens (tertiary/aromatic N) is 5. The number of nitrogens with one attached hydrogen (secondary N) is 1. The molecular weight excluding hydrogens is 516 g/mol. The highest BCUT2D eigenvalue weighted by atomic mass is 32.2. The fourth-order valence-electron chi connectivity index (χ4n) is 4.24. The van der Waals surface area contributed by atoms with Crippen molar-refractivity contribution in [3.8, 4) is 11.8 Å². The van der Waals surface area contributed by atoms with Crippen LogP contribution in [0.1, 0.15) is 45.1 Å². The van der Waals surface area contributed by atoms with Gasteiger partial charge in [-0.05, 0) is 51.0 Å². The number of carbonyl (C=O) groups excluding carboxylic acids is 3. The normalized spacial score (nSPS) is 18.8. The molecule has 13 nitrogen and oxygen atoms in total. The molecular formula is C24H32N6O7S. The Labute approximate surface area is 221 Å². The van der Waals surface area contributed by atoms with Crippen molar-refractivity contribution < 1.29 is 32.8 Å². The van der Waals surface area contributed by atoms with Gasteiger partial charge in [-0.3, -0.25) is 19.7 Å². The van der Waals surface area contributed by atoms with Crippen LogP contribution in [0.2, 0.25) is 0 Å². The highest BCUT2D eigenvalue weighted by Gasteiger charge is 2.48. The van der Waals surface area contributed by atoms with E-state index in [1.807, 2.05) is 6.07 Å². The SMILES string of the molecule is CN1C(=O)N(CCCC(CS(=O)(=O)N2CCC(=NOc3ccc(C#N)cc3)CC2)C(=O)NO)C(=O)C1(C)C. The quantitative estimate of drug-likeness (QED) is 0.250. The zero-order valence-electron chi connectivity index (χ0n) is 21.6. The Morgan fingerprint density at radius 1 is 1.24 bits per heavy atom. The number of nitriles is 1. The van der Waals surface area contributed by atoms with Crippen molar-refractivity contribution in [2.75, 3.05) is 32.4 Å². The number of hydrogen-bond acceptors (Lipinski definition) is 9. The zero-order valence-corrected chi connectivity index (χ0v) is 22.4. The predicted molar refractivity (Wildman–Crippen MR) is 135 cm³/mol. The molecule has 0 saturated carbocycles. The summed E-state index contributed by atoms with van der Waals surface area (Å²) in [6.45, 7) is 3.61. The predicted octanol–water partition coefficient (Wildman–Crippen LogP) is 1.29. The molecule has 14 heteroatoms. The van der Waals surface area contributed by atoms with E-state index in [0.717, 1.165) is 4.90 Å². The summed E-state index contributed by atoms with van der Waals surface area (Å²) in [5, 5.41) is 22.1. The number of sulfonamides is 1. The number of imide groups is 1. The lowest BCUT2D eigenvalue weighted by molar-refractivity contribution is -0.133. The molecule has 2 aliphatic rings. The molecule has 1 unspecified atom stereocenters. The molecule has 206 valence electrons. The van der Waals surface area contributed by atoms with Crippen molar-refractivity contribution in [3.05, 3.63) is 29.8 Å². The lowest BCUT2D eigenvalue weighted by atomic mass is 10.0. The fourth-order valence-corrected chi connectivity index (χ4v) is 6.01. The van der Waals surface area contributed by atoms with E-state index < -0.39 is 39.2 Å². The van der Waals surface area contributed by atoms with Crippen LogP contribution in [-0.2, 0) is 19.6 Å². The maximum atomic E-state index is 13.1. The minimum atomic E-state index is -3.85. The topological polar surface area (TPSA) is 173 Å². The molecule has 0 bridgehead atoms. The van der Waals surface area contributed by atoms with Crippen LogP contribution in [0.15, 0.2) is 29.4 Å². The van der Waals surface area contributed by atoms with Crippen molar-refractivity contribution in [2.45, 2.75) is 45.1 Å². The molecule has 0 aromatic heterocycles. The van der Waals surface area contributed by atoms with Crippen molar-refractivity contribution in [2.24, 2.45) is 11.1 Å². The van der Waals surface area contributed by atoms with Crippen LogP contribution < -0.4 is 10.3 Å². The third-order valence-corrected chi connectivity index (χ3v) is 8.88. The number of urea groups is 1. The largest absolute Gasteiger partial charge is 0.357 e. The van der Waals surface area contributed by atoms with E-state index in [1.54, 1.807) is 38.1 Å². The summed E-state index contributed by atoms with van der Waals surface area (Å²) in [6.07, 6.45) is 0.925. The standard InChI is InChI=1S/C24H32N6O7S/c1-24(2)22(32)30(23(33)28(24)3)12-4-5-18(21(31)26-34)16-38(35,36)29-13-10-19(11-14-29)27-37-20-8-6-17(15-25)7-9-20/h6-9,18,34H,4-5,10-14,16H2,1-3H3,(H,26,31). The summed E-state index contributed by atoms with van der Waals surface area (Å²) < 4.78 is 27.4. The minimum absolute atomic E-state index is 0.0312. The van der Waals surface area contributed by atoms with E-state index in [1.165, 1.54) is 21.7 Å². The van der Waals surface area contributed by atoms with Gasteiger partial charge in [0.1, 0.15) is 5.54 Å². The Kier molecular flexibility index (Phi) is 9.08. The first-order valence-electron chi connectivity index (χ1n) is 12.1. The van der Waals surface area contributed by atoms with Crippen molar-refractivity contribution in [3.63, 3.8) is 0 Å². The summed E-state index contributed by atoms with van der Waals surface area (Å²) in [5.41, 5.74) is 1.71. The number of oxime groups is 1. The second kappa shape index (κ2) is 11.9. The maximum absolute atomic E-state index is 13.1. The monoisotopic (exact) mass is 548 g/mol. The summed E-state index contributed by atoms with van der Waals surface area (Å²) >= 11 is 0. The number of hydroxylamine groups is 1. The number of piperidine rings is 1. The van der Waals surface area contributed by atoms with Gasteiger partial charge in [0.25, 0.3) is 5.91 Å². The number of hydrogen-bond donors (Lipinski definition) is 2. The molecule has 1 aromatic carbocycles. The van der Waals surface area contributed by atoms with E-state index in [9.17, 15) is 22.8 Å². The summed E-state index contributed by atoms with van der Waals surface area (Å²) in [5.74, 6) is -2.36. The smallest absolute Gasteiger partial charge is 0.327 e. The first-order valence-corrected chi connectivity index (χ1v) is 13.8. The Morgan fingerprint density at radius 3 is 2.39 bits per heavy atom. The maximum Gasteiger partial charge on any atom is 0.327 e. The number of rotatable bonds is 10. The minimum Gasteiger partial charge on any atom is -0.357 e. The van der Waals surface area contributed by atoms with Crippen LogP contribution in [0, 0.1) is 17.2 Å². The van der Waals surface area contributed by atoms with Crippen molar-refractivity contribution in [1.29, 1.82) is 5.26 Å². The first kappa shape index (κ1) is 29.0. The molecule has 0 radical (unpaired) electrons. The van der Waals surface area contributed by atoms with Gasteiger partial charge in [-0.15, -0.1) is 0 Å². The Bertz CT molecular complexity index is 1230. The highest BCUT2D eigenvalue weighted by molar-refractivity contribution is 7.89. The van der Waals surface area contributed by atoms with Crippen molar-refractivity contribution >= 4 is 33.6 Å². The third kappa shape index (κ3) is 6.47. The molecule has 2 saturated heterocycles. The third-order valence-electron chi connectivity index (χ3n) is 6.91. The van der Waals surface area contributed by atoms with Gasteiger partial charge in [0.15, 0.2) is 5.75 Å². The first-order chi connectivity index (χ1) is 17.9. The van der Waals surface area contributed by atoms with Crippen LogP contribution in [0.4, 0.5) is 4.79 Å². The lowest BCUT2D eigenvalue weighted by Gasteiger charge is -2.28. The second-order valence-electron chi connectivity index (χ2n) is 9.74. The lowest BCUT2D eigenvalue weighted by Crippen LogP contribution is -2.43. The van der Waals surface area contributed by atoms with Gasteiger partial charge < -0.3 is 9.74 Å². The Morgan fingerprint density at radius 2 is 1.87 bits per heavy atom. The molecule has 2 aliphatic heterocycles. The van der Waals surface area contributed by atoms with Gasteiger partial charge in [0, 0.05) is 39.5 Å². The van der Waals surface area contributed by atoms with Gasteiger partial charge in [-0.1, -0.05) is 5.16 Å². The van der Waals surface area contributed by atoms with Crippen LogP contribution >= 0.6 is 0 Å². The highest BCUT2D eigenvalue weighted by Crippen LogP contribution is 2.26. The number of amides is 4. The molecule has 0 spiro atoms. The van der Waals surface area contributed by atoms with E-state index in [-0.39, 0.29) is 38.4 Å². The molecule has 0 aliphatic carbocycles. The van der Waals surface area contributed by atoms with E-state index in [2.05, 4.69) is 5.16 Å². The Balaban J connectivity index is 1.54. The number of benzene rings is 1. The van der Waals surface area contributed by atoms with E-state index in [4.69, 9.17) is 15.3 Å². The molecule has 1 atom stereocenters. The zero-order chi connectivity index (χ0) is 28.1. The van der Waals surface area contributed by atoms with E-state index >= 15 is 0 Å². The van der Waals surface area contributed by atoms with Gasteiger partial charge >= 0.3 is 6.03 Å². The second-order valence-corrected chi connectivity index (χ2v) is 11.7. The van der Waals surface area contributed by atoms with Crippen molar-refractivity contribution in [1.82, 2.24) is 19.6 Å². The molecule has 4 amide bonds. The van der Waals surface area contributed by atoms with Gasteiger partial charge in [-0.2, -0.15) is 5.26 Å². The summed E-state index contributed by atoms with van der Waals surface area (Å²) in [6, 6.07) is 7.99. The van der Waals surface area contributed by atoms with Crippen LogP contribution in [0.25, 0.3) is 0 Å². The fraction of sp³-hybridized carbons (Fsp3) is 0.542. The molecule has 2 N–H and O–H groups in total. The average Bonchev–Trinajstić information content (AvgIpc) is 3.05. The van der Waals surface area contributed by atoms with Crippen LogP contribution in [-0.4, -0.2) is 89.3 Å². The number of likely N-dealkylation sites (N-methyl/N-ethyl adjacent to an activating group) is 1. The molecule has 3 rings (SSSR count). The van der Waals surface area contributed by atoms with Crippen LogP contribution in [0.3, 0.4) is 0 Å². The van der Waals surface area contributed by atoms with Gasteiger partial charge in [-0.25, -0.2) is 23.0 Å². The molecule has 2 fully saturated rings. The Hall–Kier alpha value is -3.54. The number of carbonyl (C=O) groups is 3. The van der Waals surface area contributed by atoms with Gasteiger partial charge in [0.2, 0.25) is 15.9 Å². The van der Waals surface area contributed by atoms with Crippen LogP contribution in [0.5, 0.6) is 5.75 Å². The molecule has 2 heterocycles. The van der Waals surface area contributed by atoms with E-state index in [0.29, 0.717) is 29.9 Å². The van der Waals surface area contributed by atoms with Gasteiger partial charge in [0.05, 0.1) is 29.0 Å². The summed E-state index contributed by atoms with van der Waals surface area (Å²) in [4.78, 5) is 45.0. The molecule has 1 aromatic rings. The average molecular weight is 549 g/mol. The summed E-state index contributed by atoms with van der Waals surface area (Å²) in [7, 11) is -2.32.